The van der Waals surface area contributed by atoms with Crippen molar-refractivity contribution in [2.45, 2.75) is 13.5 Å². The lowest BCUT2D eigenvalue weighted by Gasteiger charge is -2.34. The van der Waals surface area contributed by atoms with Gasteiger partial charge >= 0.3 is 0 Å². The van der Waals surface area contributed by atoms with Crippen LogP contribution in [0.5, 0.6) is 0 Å². The van der Waals surface area contributed by atoms with Gasteiger partial charge < -0.3 is 14.4 Å². The molecule has 1 aromatic heterocycles. The molecule has 0 bridgehead atoms. The molecule has 6 nitrogen and oxygen atoms in total. The van der Waals surface area contributed by atoms with Crippen LogP contribution in [0.4, 0.5) is 5.69 Å². The number of hydrogen-bond acceptors (Lipinski definition) is 3. The summed E-state index contributed by atoms with van der Waals surface area (Å²) in [5.41, 5.74) is 2.26. The number of benzene rings is 2. The van der Waals surface area contributed by atoms with E-state index >= 15 is 0 Å². The average Bonchev–Trinajstić information content (AvgIpc) is 2.71. The van der Waals surface area contributed by atoms with Crippen molar-refractivity contribution < 1.29 is 9.59 Å². The average molecular weight is 375 g/mol. The standard InChI is InChI=1S/C22H21N3O3/c1-16-13-20(26)18-9-5-6-10-19(18)25(16)15-21(27)23-11-12-24(22(28)14-23)17-7-3-2-4-8-17/h2-10,13H,11-12,14-15H2,1H3. The maximum atomic E-state index is 12.9. The second kappa shape index (κ2) is 7.31. The third kappa shape index (κ3) is 3.29. The number of aromatic nitrogens is 1. The summed E-state index contributed by atoms with van der Waals surface area (Å²) in [4.78, 5) is 41.0. The van der Waals surface area contributed by atoms with Gasteiger partial charge in [-0.1, -0.05) is 30.3 Å². The van der Waals surface area contributed by atoms with Crippen LogP contribution in [0.2, 0.25) is 0 Å². The van der Waals surface area contributed by atoms with Crippen LogP contribution < -0.4 is 10.3 Å². The number of carbonyl (C=O) groups is 2. The van der Waals surface area contributed by atoms with Gasteiger partial charge in [0.2, 0.25) is 11.8 Å². The largest absolute Gasteiger partial charge is 0.335 e. The van der Waals surface area contributed by atoms with Crippen LogP contribution >= 0.6 is 0 Å². The molecule has 0 N–H and O–H groups in total. The van der Waals surface area contributed by atoms with E-state index in [1.807, 2.05) is 60.0 Å². The number of hydrogen-bond donors (Lipinski definition) is 0. The van der Waals surface area contributed by atoms with E-state index in [0.717, 1.165) is 16.9 Å². The van der Waals surface area contributed by atoms with Crippen molar-refractivity contribution >= 4 is 28.4 Å². The number of aryl methyl sites for hydroxylation is 1. The first-order valence-corrected chi connectivity index (χ1v) is 9.27. The molecule has 1 aliphatic rings. The van der Waals surface area contributed by atoms with Crippen LogP contribution in [-0.4, -0.2) is 40.9 Å². The van der Waals surface area contributed by atoms with Crippen LogP contribution in [0, 0.1) is 6.92 Å². The van der Waals surface area contributed by atoms with E-state index in [-0.39, 0.29) is 30.3 Å². The van der Waals surface area contributed by atoms with Gasteiger partial charge in [0, 0.05) is 35.9 Å². The highest BCUT2D eigenvalue weighted by Gasteiger charge is 2.28. The fraction of sp³-hybridized carbons (Fsp3) is 0.227. The molecule has 2 heterocycles. The fourth-order valence-electron chi connectivity index (χ4n) is 3.66. The number of nitrogens with zero attached hydrogens (tertiary/aromatic N) is 3. The molecule has 142 valence electrons. The third-order valence-electron chi connectivity index (χ3n) is 5.16. The summed E-state index contributed by atoms with van der Waals surface area (Å²) in [5, 5.41) is 0.589. The highest BCUT2D eigenvalue weighted by Crippen LogP contribution is 2.18. The minimum Gasteiger partial charge on any atom is -0.335 e. The van der Waals surface area contributed by atoms with Gasteiger partial charge in [-0.2, -0.15) is 0 Å². The van der Waals surface area contributed by atoms with Crippen LogP contribution in [0.1, 0.15) is 5.69 Å². The number of piperazine rings is 1. The van der Waals surface area contributed by atoms with Crippen molar-refractivity contribution in [3.63, 3.8) is 0 Å². The van der Waals surface area contributed by atoms with Crippen LogP contribution in [-0.2, 0) is 16.1 Å². The first-order valence-electron chi connectivity index (χ1n) is 9.27. The van der Waals surface area contributed by atoms with Crippen molar-refractivity contribution in [1.82, 2.24) is 9.47 Å². The molecule has 1 fully saturated rings. The lowest BCUT2D eigenvalue weighted by molar-refractivity contribution is -0.137. The van der Waals surface area contributed by atoms with Crippen molar-refractivity contribution in [3.8, 4) is 0 Å². The summed E-state index contributed by atoms with van der Waals surface area (Å²) in [7, 11) is 0. The van der Waals surface area contributed by atoms with Crippen molar-refractivity contribution in [2.24, 2.45) is 0 Å². The Morgan fingerprint density at radius 2 is 1.68 bits per heavy atom. The normalized spacial score (nSPS) is 14.5. The molecule has 0 radical (unpaired) electrons. The number of anilines is 1. The lowest BCUT2D eigenvalue weighted by atomic mass is 10.1. The molecule has 1 saturated heterocycles. The number of rotatable bonds is 3. The Morgan fingerprint density at radius 1 is 0.964 bits per heavy atom. The molecular weight excluding hydrogens is 354 g/mol. The summed E-state index contributed by atoms with van der Waals surface area (Å²) in [6.07, 6.45) is 0. The fourth-order valence-corrected chi connectivity index (χ4v) is 3.66. The van der Waals surface area contributed by atoms with Crippen molar-refractivity contribution in [3.05, 3.63) is 76.6 Å². The van der Waals surface area contributed by atoms with Crippen molar-refractivity contribution in [2.75, 3.05) is 24.5 Å². The van der Waals surface area contributed by atoms with Gasteiger partial charge in [-0.25, -0.2) is 0 Å². The molecule has 0 atom stereocenters. The van der Waals surface area contributed by atoms with Gasteiger partial charge in [-0.05, 0) is 31.2 Å². The molecule has 28 heavy (non-hydrogen) atoms. The van der Waals surface area contributed by atoms with Gasteiger partial charge in [0.1, 0.15) is 13.1 Å². The zero-order chi connectivity index (χ0) is 19.7. The molecule has 4 rings (SSSR count). The maximum absolute atomic E-state index is 12.9. The molecule has 3 aromatic rings. The summed E-state index contributed by atoms with van der Waals surface area (Å²) in [6, 6.07) is 18.3. The van der Waals surface area contributed by atoms with E-state index in [9.17, 15) is 14.4 Å². The zero-order valence-corrected chi connectivity index (χ0v) is 15.7. The predicted octanol–water partition coefficient (Wildman–Crippen LogP) is 2.19. The lowest BCUT2D eigenvalue weighted by Crippen LogP contribution is -2.53. The van der Waals surface area contributed by atoms with Crippen LogP contribution in [0.15, 0.2) is 65.5 Å². The van der Waals surface area contributed by atoms with E-state index < -0.39 is 0 Å². The quantitative estimate of drug-likeness (QED) is 0.705. The molecule has 0 aliphatic carbocycles. The minimum atomic E-state index is -0.127. The Bertz CT molecular complexity index is 1100. The highest BCUT2D eigenvalue weighted by molar-refractivity contribution is 5.98. The number of carbonyl (C=O) groups excluding carboxylic acids is 2. The van der Waals surface area contributed by atoms with E-state index in [4.69, 9.17) is 0 Å². The second-order valence-electron chi connectivity index (χ2n) is 6.95. The molecular formula is C22H21N3O3. The van der Waals surface area contributed by atoms with E-state index in [1.54, 1.807) is 21.9 Å². The van der Waals surface area contributed by atoms with Crippen molar-refractivity contribution in [1.29, 1.82) is 0 Å². The molecule has 2 amide bonds. The van der Waals surface area contributed by atoms with Gasteiger partial charge in [0.05, 0.1) is 5.52 Å². The monoisotopic (exact) mass is 375 g/mol. The number of para-hydroxylation sites is 2. The molecule has 6 heteroatoms. The van der Waals surface area contributed by atoms with Gasteiger partial charge in [-0.15, -0.1) is 0 Å². The maximum Gasteiger partial charge on any atom is 0.246 e. The molecule has 2 aromatic carbocycles. The Morgan fingerprint density at radius 3 is 2.43 bits per heavy atom. The third-order valence-corrected chi connectivity index (χ3v) is 5.16. The van der Waals surface area contributed by atoms with E-state index in [2.05, 4.69) is 0 Å². The number of pyridine rings is 1. The Labute approximate surface area is 162 Å². The minimum absolute atomic E-state index is 0.0524. The predicted molar refractivity (Wildman–Crippen MR) is 108 cm³/mol. The second-order valence-corrected chi connectivity index (χ2v) is 6.95. The summed E-state index contributed by atoms with van der Waals surface area (Å²) in [5.74, 6) is -0.217. The summed E-state index contributed by atoms with van der Waals surface area (Å²) in [6.45, 7) is 2.94. The van der Waals surface area contributed by atoms with E-state index in [0.29, 0.717) is 18.5 Å². The number of amides is 2. The zero-order valence-electron chi connectivity index (χ0n) is 15.7. The SMILES string of the molecule is Cc1cc(=O)c2ccccc2n1CC(=O)N1CCN(c2ccccc2)C(=O)C1. The molecule has 0 unspecified atom stereocenters. The number of fused-ring (bicyclic) bond motifs is 1. The Balaban J connectivity index is 1.54. The van der Waals surface area contributed by atoms with Crippen LogP contribution in [0.25, 0.3) is 10.9 Å². The Kier molecular flexibility index (Phi) is 4.69. The van der Waals surface area contributed by atoms with E-state index in [1.165, 1.54) is 0 Å². The first kappa shape index (κ1) is 18.0. The van der Waals surface area contributed by atoms with Gasteiger partial charge in [0.15, 0.2) is 5.43 Å². The highest BCUT2D eigenvalue weighted by atomic mass is 16.2. The topological polar surface area (TPSA) is 62.6 Å². The summed E-state index contributed by atoms with van der Waals surface area (Å²) >= 11 is 0. The summed E-state index contributed by atoms with van der Waals surface area (Å²) < 4.78 is 1.84. The molecule has 1 aliphatic heterocycles. The van der Waals surface area contributed by atoms with Crippen LogP contribution in [0.3, 0.4) is 0 Å². The van der Waals surface area contributed by atoms with Gasteiger partial charge in [-0.3, -0.25) is 14.4 Å². The smallest absolute Gasteiger partial charge is 0.246 e. The molecule has 0 spiro atoms. The molecule has 0 saturated carbocycles. The Hall–Kier alpha value is -3.41. The first-order chi connectivity index (χ1) is 13.5. The van der Waals surface area contributed by atoms with Gasteiger partial charge in [0.25, 0.3) is 0 Å².